The van der Waals surface area contributed by atoms with Gasteiger partial charge in [-0.3, -0.25) is 4.72 Å². The van der Waals surface area contributed by atoms with Crippen molar-refractivity contribution in [2.24, 2.45) is 0 Å². The van der Waals surface area contributed by atoms with Gasteiger partial charge in [-0.1, -0.05) is 0 Å². The molecule has 0 aliphatic heterocycles. The fourth-order valence-electron chi connectivity index (χ4n) is 1.48. The van der Waals surface area contributed by atoms with Crippen LogP contribution in [0.3, 0.4) is 0 Å². The molecule has 1 heterocycles. The summed E-state index contributed by atoms with van der Waals surface area (Å²) in [7, 11) is -3.94. The van der Waals surface area contributed by atoms with Crippen LogP contribution in [0.1, 0.15) is 11.1 Å². The van der Waals surface area contributed by atoms with Crippen molar-refractivity contribution >= 4 is 43.0 Å². The van der Waals surface area contributed by atoms with Gasteiger partial charge in [0.2, 0.25) is 0 Å². The largest absolute Gasteiger partial charge is 0.276 e. The van der Waals surface area contributed by atoms with E-state index in [1.54, 1.807) is 6.92 Å². The SMILES string of the molecule is Cc1cc(F)c(NS(=O)(=O)c2cc(C)c(Br)s2)cc1F. The molecule has 0 unspecified atom stereocenters. The second kappa shape index (κ2) is 5.42. The Bertz CT molecular complexity index is 753. The van der Waals surface area contributed by atoms with E-state index in [2.05, 4.69) is 20.7 Å². The molecule has 0 amide bonds. The molecule has 0 bridgehead atoms. The summed E-state index contributed by atoms with van der Waals surface area (Å²) in [5.74, 6) is -1.49. The molecule has 108 valence electrons. The number of anilines is 1. The predicted molar refractivity (Wildman–Crippen MR) is 78.7 cm³/mol. The van der Waals surface area contributed by atoms with Crippen LogP contribution in [0.15, 0.2) is 26.2 Å². The van der Waals surface area contributed by atoms with Crippen molar-refractivity contribution in [3.05, 3.63) is 44.7 Å². The number of nitrogens with one attached hydrogen (secondary N) is 1. The Balaban J connectivity index is 2.40. The molecular formula is C12H10BrF2NO2S2. The number of aryl methyl sites for hydroxylation is 2. The van der Waals surface area contributed by atoms with Crippen LogP contribution < -0.4 is 4.72 Å². The molecule has 1 N–H and O–H groups in total. The summed E-state index contributed by atoms with van der Waals surface area (Å²) in [4.78, 5) is 0. The normalized spacial score (nSPS) is 11.7. The zero-order chi connectivity index (χ0) is 15.1. The highest BCUT2D eigenvalue weighted by molar-refractivity contribution is 9.11. The van der Waals surface area contributed by atoms with Crippen molar-refractivity contribution in [1.29, 1.82) is 0 Å². The number of hydrogen-bond donors (Lipinski definition) is 1. The Morgan fingerprint density at radius 1 is 1.10 bits per heavy atom. The quantitative estimate of drug-likeness (QED) is 0.865. The van der Waals surface area contributed by atoms with Crippen molar-refractivity contribution in [3.63, 3.8) is 0 Å². The summed E-state index contributed by atoms with van der Waals surface area (Å²) in [6.45, 7) is 3.14. The fourth-order valence-corrected chi connectivity index (χ4v) is 4.77. The Morgan fingerprint density at radius 2 is 1.75 bits per heavy atom. The van der Waals surface area contributed by atoms with Gasteiger partial charge in [-0.05, 0) is 53.0 Å². The third-order valence-electron chi connectivity index (χ3n) is 2.59. The van der Waals surface area contributed by atoms with Crippen LogP contribution in [0.2, 0.25) is 0 Å². The number of halogens is 3. The van der Waals surface area contributed by atoms with Gasteiger partial charge in [0.25, 0.3) is 10.0 Å². The van der Waals surface area contributed by atoms with E-state index in [0.717, 1.165) is 29.0 Å². The van der Waals surface area contributed by atoms with Gasteiger partial charge in [0.1, 0.15) is 15.8 Å². The zero-order valence-corrected chi connectivity index (χ0v) is 13.7. The maximum absolute atomic E-state index is 13.7. The molecule has 1 aromatic heterocycles. The van der Waals surface area contributed by atoms with Crippen LogP contribution in [0.4, 0.5) is 14.5 Å². The van der Waals surface area contributed by atoms with Crippen LogP contribution >= 0.6 is 27.3 Å². The van der Waals surface area contributed by atoms with E-state index in [4.69, 9.17) is 0 Å². The minimum Gasteiger partial charge on any atom is -0.276 e. The molecular weight excluding hydrogens is 372 g/mol. The van der Waals surface area contributed by atoms with Gasteiger partial charge in [0, 0.05) is 6.07 Å². The molecule has 0 spiro atoms. The lowest BCUT2D eigenvalue weighted by atomic mass is 10.2. The molecule has 2 aromatic rings. The highest BCUT2D eigenvalue weighted by atomic mass is 79.9. The molecule has 0 radical (unpaired) electrons. The van der Waals surface area contributed by atoms with Gasteiger partial charge in [-0.2, -0.15) is 0 Å². The molecule has 0 aliphatic carbocycles. The lowest BCUT2D eigenvalue weighted by molar-refractivity contribution is 0.591. The first-order valence-electron chi connectivity index (χ1n) is 5.45. The van der Waals surface area contributed by atoms with Crippen LogP contribution in [0.5, 0.6) is 0 Å². The second-order valence-electron chi connectivity index (χ2n) is 4.21. The Kier molecular flexibility index (Phi) is 4.17. The van der Waals surface area contributed by atoms with Gasteiger partial charge in [-0.25, -0.2) is 17.2 Å². The van der Waals surface area contributed by atoms with E-state index in [-0.39, 0.29) is 9.77 Å². The summed E-state index contributed by atoms with van der Waals surface area (Å²) in [5.41, 5.74) is 0.460. The molecule has 0 atom stereocenters. The first kappa shape index (κ1) is 15.4. The number of sulfonamides is 1. The molecule has 3 nitrogen and oxygen atoms in total. The lowest BCUT2D eigenvalue weighted by Gasteiger charge is -2.08. The zero-order valence-electron chi connectivity index (χ0n) is 10.5. The molecule has 0 aliphatic rings. The minimum absolute atomic E-state index is 0.0299. The van der Waals surface area contributed by atoms with Crippen molar-refractivity contribution in [3.8, 4) is 0 Å². The monoisotopic (exact) mass is 381 g/mol. The third kappa shape index (κ3) is 3.02. The minimum atomic E-state index is -3.94. The topological polar surface area (TPSA) is 46.2 Å². The summed E-state index contributed by atoms with van der Waals surface area (Å²) < 4.78 is 54.0. The van der Waals surface area contributed by atoms with Gasteiger partial charge >= 0.3 is 0 Å². The molecule has 20 heavy (non-hydrogen) atoms. The summed E-state index contributed by atoms with van der Waals surface area (Å²) >= 11 is 4.23. The van der Waals surface area contributed by atoms with Gasteiger partial charge in [0.15, 0.2) is 0 Å². The van der Waals surface area contributed by atoms with Gasteiger partial charge in [0.05, 0.1) is 9.47 Å². The predicted octanol–water partition coefficient (Wildman–Crippen LogP) is 4.21. The average Bonchev–Trinajstić information content (AvgIpc) is 2.67. The van der Waals surface area contributed by atoms with E-state index < -0.39 is 27.3 Å². The van der Waals surface area contributed by atoms with Crippen LogP contribution in [0.25, 0.3) is 0 Å². The highest BCUT2D eigenvalue weighted by Crippen LogP contribution is 2.32. The van der Waals surface area contributed by atoms with E-state index in [1.165, 1.54) is 13.0 Å². The van der Waals surface area contributed by atoms with E-state index >= 15 is 0 Å². The molecule has 2 rings (SSSR count). The highest BCUT2D eigenvalue weighted by Gasteiger charge is 2.20. The summed E-state index contributed by atoms with van der Waals surface area (Å²) in [6, 6.07) is 3.24. The van der Waals surface area contributed by atoms with Crippen molar-refractivity contribution in [2.75, 3.05) is 4.72 Å². The summed E-state index contributed by atoms with van der Waals surface area (Å²) in [6.07, 6.45) is 0. The van der Waals surface area contributed by atoms with Gasteiger partial charge in [-0.15, -0.1) is 11.3 Å². The molecule has 1 aromatic carbocycles. The molecule has 8 heteroatoms. The van der Waals surface area contributed by atoms with Gasteiger partial charge < -0.3 is 0 Å². The number of rotatable bonds is 3. The average molecular weight is 382 g/mol. The lowest BCUT2D eigenvalue weighted by Crippen LogP contribution is -2.13. The smallest absolute Gasteiger partial charge is 0.271 e. The molecule has 0 saturated carbocycles. The maximum Gasteiger partial charge on any atom is 0.271 e. The van der Waals surface area contributed by atoms with E-state index in [9.17, 15) is 17.2 Å². The van der Waals surface area contributed by atoms with Crippen molar-refractivity contribution < 1.29 is 17.2 Å². The van der Waals surface area contributed by atoms with Crippen LogP contribution in [-0.4, -0.2) is 8.42 Å². The van der Waals surface area contributed by atoms with Crippen molar-refractivity contribution in [1.82, 2.24) is 0 Å². The van der Waals surface area contributed by atoms with E-state index in [0.29, 0.717) is 3.79 Å². The van der Waals surface area contributed by atoms with Crippen LogP contribution in [-0.2, 0) is 10.0 Å². The number of benzene rings is 1. The first-order chi connectivity index (χ1) is 9.20. The molecule has 0 fully saturated rings. The molecule has 0 saturated heterocycles. The Labute approximate surface area is 127 Å². The summed E-state index contributed by atoms with van der Waals surface area (Å²) in [5, 5.41) is 0. The number of thiophene rings is 1. The third-order valence-corrected chi connectivity index (χ3v) is 6.57. The van der Waals surface area contributed by atoms with Crippen molar-refractivity contribution in [2.45, 2.75) is 18.1 Å². The van der Waals surface area contributed by atoms with E-state index in [1.807, 2.05) is 0 Å². The van der Waals surface area contributed by atoms with Crippen LogP contribution in [0, 0.1) is 25.5 Å². The first-order valence-corrected chi connectivity index (χ1v) is 8.54. The second-order valence-corrected chi connectivity index (χ2v) is 8.49. The number of hydrogen-bond acceptors (Lipinski definition) is 3. The Hall–Kier alpha value is -0.990. The Morgan fingerprint density at radius 3 is 2.30 bits per heavy atom. The standard InChI is InChI=1S/C12H10BrF2NO2S2/c1-6-3-9(15)10(5-8(6)14)16-20(17,18)11-4-7(2)12(13)19-11/h3-5,16H,1-2H3. The maximum atomic E-state index is 13.7. The fraction of sp³-hybridized carbons (Fsp3) is 0.167.